The molecule has 0 heterocycles. The highest BCUT2D eigenvalue weighted by atomic mass is 32.2. The van der Waals surface area contributed by atoms with E-state index in [1.165, 1.54) is 29.9 Å². The van der Waals surface area contributed by atoms with Gasteiger partial charge in [0, 0.05) is 16.9 Å². The Labute approximate surface area is 103 Å². The fraction of sp³-hybridized carbons (Fsp3) is 0.500. The average Bonchev–Trinajstić information content (AvgIpc) is 2.34. The largest absolute Gasteiger partial charge is 0.294 e. The van der Waals surface area contributed by atoms with E-state index in [0.29, 0.717) is 6.42 Å². The van der Waals surface area contributed by atoms with Gasteiger partial charge in [-0.3, -0.25) is 4.79 Å². The topological polar surface area (TPSA) is 17.1 Å². The number of hydrogen-bond acceptors (Lipinski definition) is 2. The number of ketones is 1. The standard InChI is InChI=1S/C14H20OS/c1-3-5-6-11-16-13-9-7-12(8-10-13)14(15)4-2/h7-10H,3-6,11H2,1-2H3. The quantitative estimate of drug-likeness (QED) is 0.392. The Balaban J connectivity index is 2.42. The van der Waals surface area contributed by atoms with Crippen LogP contribution in [-0.2, 0) is 0 Å². The Kier molecular flexibility index (Phi) is 6.24. The third-order valence-electron chi connectivity index (χ3n) is 2.51. The lowest BCUT2D eigenvalue weighted by atomic mass is 10.1. The smallest absolute Gasteiger partial charge is 0.162 e. The lowest BCUT2D eigenvalue weighted by Crippen LogP contribution is -1.95. The zero-order chi connectivity index (χ0) is 11.8. The van der Waals surface area contributed by atoms with Gasteiger partial charge in [-0.05, 0) is 24.3 Å². The molecule has 0 N–H and O–H groups in total. The molecule has 0 bridgehead atoms. The van der Waals surface area contributed by atoms with E-state index in [2.05, 4.69) is 19.1 Å². The van der Waals surface area contributed by atoms with Gasteiger partial charge in [0.2, 0.25) is 0 Å². The first kappa shape index (κ1) is 13.3. The number of unbranched alkanes of at least 4 members (excludes halogenated alkanes) is 2. The van der Waals surface area contributed by atoms with Gasteiger partial charge in [-0.1, -0.05) is 38.8 Å². The lowest BCUT2D eigenvalue weighted by molar-refractivity contribution is 0.0988. The van der Waals surface area contributed by atoms with Crippen LogP contribution in [0.1, 0.15) is 49.9 Å². The molecule has 0 spiro atoms. The summed E-state index contributed by atoms with van der Waals surface area (Å²) in [4.78, 5) is 12.7. The van der Waals surface area contributed by atoms with Crippen molar-refractivity contribution in [3.63, 3.8) is 0 Å². The van der Waals surface area contributed by atoms with Crippen LogP contribution in [0.15, 0.2) is 29.2 Å². The lowest BCUT2D eigenvalue weighted by Gasteiger charge is -2.02. The van der Waals surface area contributed by atoms with Crippen molar-refractivity contribution in [1.82, 2.24) is 0 Å². The molecule has 1 aromatic carbocycles. The van der Waals surface area contributed by atoms with Crippen LogP contribution >= 0.6 is 11.8 Å². The van der Waals surface area contributed by atoms with Gasteiger partial charge in [0.25, 0.3) is 0 Å². The number of benzene rings is 1. The molecule has 0 aliphatic carbocycles. The van der Waals surface area contributed by atoms with E-state index in [1.54, 1.807) is 0 Å². The van der Waals surface area contributed by atoms with E-state index in [4.69, 9.17) is 0 Å². The van der Waals surface area contributed by atoms with Gasteiger partial charge in [-0.2, -0.15) is 0 Å². The predicted octanol–water partition coefficient (Wildman–Crippen LogP) is 4.56. The van der Waals surface area contributed by atoms with Crippen molar-refractivity contribution in [1.29, 1.82) is 0 Å². The maximum absolute atomic E-state index is 11.4. The molecule has 1 rings (SSSR count). The molecular formula is C14H20OS. The number of Topliss-reactive ketones (excluding diaryl/α,β-unsaturated/α-hetero) is 1. The van der Waals surface area contributed by atoms with Gasteiger partial charge >= 0.3 is 0 Å². The molecule has 0 aliphatic rings. The van der Waals surface area contributed by atoms with Crippen LogP contribution in [-0.4, -0.2) is 11.5 Å². The minimum Gasteiger partial charge on any atom is -0.294 e. The zero-order valence-corrected chi connectivity index (χ0v) is 11.0. The van der Waals surface area contributed by atoms with Gasteiger partial charge in [0.05, 0.1) is 0 Å². The maximum atomic E-state index is 11.4. The highest BCUT2D eigenvalue weighted by molar-refractivity contribution is 7.99. The van der Waals surface area contributed by atoms with E-state index >= 15 is 0 Å². The summed E-state index contributed by atoms with van der Waals surface area (Å²) in [5.41, 5.74) is 0.834. The van der Waals surface area contributed by atoms with E-state index in [0.717, 1.165) is 5.56 Å². The third kappa shape index (κ3) is 4.40. The molecule has 1 aromatic rings. The van der Waals surface area contributed by atoms with Crippen molar-refractivity contribution in [2.75, 3.05) is 5.75 Å². The number of carbonyl (C=O) groups is 1. The third-order valence-corrected chi connectivity index (χ3v) is 3.61. The highest BCUT2D eigenvalue weighted by Gasteiger charge is 2.02. The minimum atomic E-state index is 0.225. The normalized spacial score (nSPS) is 10.4. The summed E-state index contributed by atoms with van der Waals surface area (Å²) in [6.07, 6.45) is 4.43. The van der Waals surface area contributed by atoms with Gasteiger partial charge in [0.15, 0.2) is 5.78 Å². The molecule has 0 radical (unpaired) electrons. The number of thioether (sulfide) groups is 1. The molecule has 0 fully saturated rings. The van der Waals surface area contributed by atoms with Crippen molar-refractivity contribution in [3.8, 4) is 0 Å². The molecule has 16 heavy (non-hydrogen) atoms. The van der Waals surface area contributed by atoms with E-state index in [1.807, 2.05) is 30.8 Å². The van der Waals surface area contributed by atoms with Gasteiger partial charge in [0.1, 0.15) is 0 Å². The number of carbonyl (C=O) groups excluding carboxylic acids is 1. The molecule has 0 aromatic heterocycles. The summed E-state index contributed by atoms with van der Waals surface area (Å²) < 4.78 is 0. The van der Waals surface area contributed by atoms with Crippen molar-refractivity contribution in [2.24, 2.45) is 0 Å². The van der Waals surface area contributed by atoms with Crippen molar-refractivity contribution >= 4 is 17.5 Å². The van der Waals surface area contributed by atoms with Crippen LogP contribution in [0.4, 0.5) is 0 Å². The Morgan fingerprint density at radius 1 is 1.12 bits per heavy atom. The van der Waals surface area contributed by atoms with Crippen molar-refractivity contribution in [3.05, 3.63) is 29.8 Å². The van der Waals surface area contributed by atoms with E-state index in [9.17, 15) is 4.79 Å². The minimum absolute atomic E-state index is 0.225. The van der Waals surface area contributed by atoms with Crippen LogP contribution in [0.3, 0.4) is 0 Å². The Morgan fingerprint density at radius 3 is 2.38 bits per heavy atom. The van der Waals surface area contributed by atoms with Crippen LogP contribution < -0.4 is 0 Å². The molecule has 0 aliphatic heterocycles. The average molecular weight is 236 g/mol. The van der Waals surface area contributed by atoms with Gasteiger partial charge < -0.3 is 0 Å². The highest BCUT2D eigenvalue weighted by Crippen LogP contribution is 2.20. The van der Waals surface area contributed by atoms with Crippen LogP contribution in [0, 0.1) is 0 Å². The van der Waals surface area contributed by atoms with Gasteiger partial charge in [-0.25, -0.2) is 0 Å². The fourth-order valence-corrected chi connectivity index (χ4v) is 2.40. The Bertz CT molecular complexity index is 316. The second-order valence-corrected chi connectivity index (χ2v) is 5.03. The Morgan fingerprint density at radius 2 is 1.81 bits per heavy atom. The second kappa shape index (κ2) is 7.50. The SMILES string of the molecule is CCCCCSc1ccc(C(=O)CC)cc1. The van der Waals surface area contributed by atoms with Crippen molar-refractivity contribution in [2.45, 2.75) is 44.4 Å². The molecular weight excluding hydrogens is 216 g/mol. The summed E-state index contributed by atoms with van der Waals surface area (Å²) in [6.45, 7) is 4.12. The first-order valence-corrected chi connectivity index (χ1v) is 7.02. The van der Waals surface area contributed by atoms with Crippen molar-refractivity contribution < 1.29 is 4.79 Å². The summed E-state index contributed by atoms with van der Waals surface area (Å²) in [6, 6.07) is 7.99. The molecule has 88 valence electrons. The zero-order valence-electron chi connectivity index (χ0n) is 10.2. The van der Waals surface area contributed by atoms with E-state index < -0.39 is 0 Å². The number of rotatable bonds is 7. The Hall–Kier alpha value is -0.760. The molecule has 1 nitrogen and oxygen atoms in total. The first-order valence-electron chi connectivity index (χ1n) is 6.04. The first-order chi connectivity index (χ1) is 7.77. The molecule has 0 atom stereocenters. The summed E-state index contributed by atoms with van der Waals surface area (Å²) in [7, 11) is 0. The van der Waals surface area contributed by atoms with Crippen LogP contribution in [0.5, 0.6) is 0 Å². The summed E-state index contributed by atoms with van der Waals surface area (Å²) >= 11 is 1.88. The summed E-state index contributed by atoms with van der Waals surface area (Å²) in [5.74, 6) is 1.40. The number of hydrogen-bond donors (Lipinski definition) is 0. The van der Waals surface area contributed by atoms with Crippen LogP contribution in [0.25, 0.3) is 0 Å². The second-order valence-electron chi connectivity index (χ2n) is 3.86. The molecule has 0 amide bonds. The molecule has 0 saturated heterocycles. The monoisotopic (exact) mass is 236 g/mol. The van der Waals surface area contributed by atoms with Gasteiger partial charge in [-0.15, -0.1) is 11.8 Å². The maximum Gasteiger partial charge on any atom is 0.162 e. The molecule has 2 heteroatoms. The fourth-order valence-electron chi connectivity index (χ4n) is 1.48. The van der Waals surface area contributed by atoms with E-state index in [-0.39, 0.29) is 5.78 Å². The summed E-state index contributed by atoms with van der Waals surface area (Å²) in [5, 5.41) is 0. The predicted molar refractivity (Wildman–Crippen MR) is 71.3 cm³/mol. The molecule has 0 unspecified atom stereocenters. The van der Waals surface area contributed by atoms with Crippen LogP contribution in [0.2, 0.25) is 0 Å². The molecule has 0 saturated carbocycles.